The van der Waals surface area contributed by atoms with Gasteiger partial charge in [-0.05, 0) is 30.0 Å². The van der Waals surface area contributed by atoms with Gasteiger partial charge in [-0.25, -0.2) is 4.79 Å². The van der Waals surface area contributed by atoms with Gasteiger partial charge in [-0.3, -0.25) is 0 Å². The molecule has 4 N–H and O–H groups in total. The van der Waals surface area contributed by atoms with Crippen LogP contribution in [0.5, 0.6) is 0 Å². The number of rotatable bonds is 1. The SMILES string of the molecule is NC(=NO)c1ccc2c(c1)CCN(C(=O)O)CC2. The second-order valence-electron chi connectivity index (χ2n) is 4.24. The number of oxime groups is 1. The third-order valence-corrected chi connectivity index (χ3v) is 3.18. The molecule has 0 aliphatic carbocycles. The number of carboxylic acid groups (broad SMARTS) is 1. The van der Waals surface area contributed by atoms with Crippen LogP contribution in [-0.4, -0.2) is 40.2 Å². The Morgan fingerprint density at radius 1 is 1.28 bits per heavy atom. The molecule has 1 aromatic rings. The zero-order valence-electron chi connectivity index (χ0n) is 9.83. The summed E-state index contributed by atoms with van der Waals surface area (Å²) < 4.78 is 0. The molecule has 0 aromatic heterocycles. The van der Waals surface area contributed by atoms with Crippen molar-refractivity contribution in [1.82, 2.24) is 4.90 Å². The molecule has 1 amide bonds. The number of hydrogen-bond acceptors (Lipinski definition) is 3. The predicted octanol–water partition coefficient (Wildman–Crippen LogP) is 0.860. The average Bonchev–Trinajstić information content (AvgIpc) is 2.59. The molecule has 0 radical (unpaired) electrons. The van der Waals surface area contributed by atoms with Gasteiger partial charge in [0.2, 0.25) is 0 Å². The Morgan fingerprint density at radius 2 is 1.94 bits per heavy atom. The van der Waals surface area contributed by atoms with E-state index in [1.165, 1.54) is 4.90 Å². The molecule has 0 atom stereocenters. The zero-order valence-corrected chi connectivity index (χ0v) is 9.83. The minimum Gasteiger partial charge on any atom is -0.465 e. The summed E-state index contributed by atoms with van der Waals surface area (Å²) in [5.74, 6) is 0.0668. The highest BCUT2D eigenvalue weighted by atomic mass is 16.4. The van der Waals surface area contributed by atoms with Crippen LogP contribution in [0.4, 0.5) is 4.79 Å². The van der Waals surface area contributed by atoms with Gasteiger partial charge in [0, 0.05) is 18.7 Å². The largest absolute Gasteiger partial charge is 0.465 e. The summed E-state index contributed by atoms with van der Waals surface area (Å²) in [4.78, 5) is 12.3. The quantitative estimate of drug-likeness (QED) is 0.297. The van der Waals surface area contributed by atoms with Crippen LogP contribution in [0.25, 0.3) is 0 Å². The number of carbonyl (C=O) groups is 1. The first kappa shape index (κ1) is 12.2. The highest BCUT2D eigenvalue weighted by molar-refractivity contribution is 5.97. The Bertz CT molecular complexity index is 499. The summed E-state index contributed by atoms with van der Waals surface area (Å²) >= 11 is 0. The highest BCUT2D eigenvalue weighted by Crippen LogP contribution is 2.18. The van der Waals surface area contributed by atoms with Crippen molar-refractivity contribution in [2.75, 3.05) is 13.1 Å². The van der Waals surface area contributed by atoms with Gasteiger partial charge >= 0.3 is 6.09 Å². The third kappa shape index (κ3) is 2.37. The molecule has 0 saturated carbocycles. The lowest BCUT2D eigenvalue weighted by atomic mass is 10.00. The number of fused-ring (bicyclic) bond motifs is 1. The normalized spacial score (nSPS) is 16.0. The summed E-state index contributed by atoms with van der Waals surface area (Å²) in [5, 5.41) is 20.6. The molecular weight excluding hydrogens is 234 g/mol. The summed E-state index contributed by atoms with van der Waals surface area (Å²) in [6.45, 7) is 0.979. The number of hydrogen-bond donors (Lipinski definition) is 3. The number of nitrogens with zero attached hydrogens (tertiary/aromatic N) is 2. The highest BCUT2D eigenvalue weighted by Gasteiger charge is 2.18. The Hall–Kier alpha value is -2.24. The van der Waals surface area contributed by atoms with Crippen molar-refractivity contribution in [3.05, 3.63) is 34.9 Å². The summed E-state index contributed by atoms with van der Waals surface area (Å²) in [6.07, 6.45) is 0.450. The number of amidine groups is 1. The Labute approximate surface area is 104 Å². The molecule has 0 saturated heterocycles. The lowest BCUT2D eigenvalue weighted by Crippen LogP contribution is -2.31. The second-order valence-corrected chi connectivity index (χ2v) is 4.24. The standard InChI is InChI=1S/C12H15N3O3/c13-11(14-18)10-2-1-8-3-5-15(12(16)17)6-4-9(8)7-10/h1-2,7,18H,3-6H2,(H2,13,14)(H,16,17). The maximum absolute atomic E-state index is 10.9. The van der Waals surface area contributed by atoms with Crippen LogP contribution in [0.2, 0.25) is 0 Å². The molecule has 1 aromatic carbocycles. The molecule has 18 heavy (non-hydrogen) atoms. The lowest BCUT2D eigenvalue weighted by molar-refractivity contribution is 0.147. The maximum atomic E-state index is 10.9. The van der Waals surface area contributed by atoms with E-state index in [9.17, 15) is 4.79 Å². The van der Waals surface area contributed by atoms with E-state index >= 15 is 0 Å². The van der Waals surface area contributed by atoms with Gasteiger partial charge in [0.1, 0.15) is 0 Å². The van der Waals surface area contributed by atoms with Crippen molar-refractivity contribution in [1.29, 1.82) is 0 Å². The van der Waals surface area contributed by atoms with E-state index in [4.69, 9.17) is 16.0 Å². The first-order valence-electron chi connectivity index (χ1n) is 5.69. The topological polar surface area (TPSA) is 99.2 Å². The Morgan fingerprint density at radius 3 is 2.56 bits per heavy atom. The number of amides is 1. The fourth-order valence-electron chi connectivity index (χ4n) is 2.13. The van der Waals surface area contributed by atoms with Crippen LogP contribution in [0.15, 0.2) is 23.4 Å². The Balaban J connectivity index is 2.26. The lowest BCUT2D eigenvalue weighted by Gasteiger charge is -2.14. The van der Waals surface area contributed by atoms with Gasteiger partial charge in [0.25, 0.3) is 0 Å². The van der Waals surface area contributed by atoms with E-state index in [0.29, 0.717) is 31.5 Å². The first-order valence-corrected chi connectivity index (χ1v) is 5.69. The van der Waals surface area contributed by atoms with E-state index in [1.54, 1.807) is 6.07 Å². The monoisotopic (exact) mass is 249 g/mol. The summed E-state index contributed by atoms with van der Waals surface area (Å²) in [7, 11) is 0. The van der Waals surface area contributed by atoms with Gasteiger partial charge < -0.3 is 20.9 Å². The van der Waals surface area contributed by atoms with Crippen LogP contribution in [-0.2, 0) is 12.8 Å². The minimum atomic E-state index is -0.889. The molecule has 96 valence electrons. The molecule has 0 fully saturated rings. The van der Waals surface area contributed by atoms with E-state index in [0.717, 1.165) is 11.1 Å². The molecule has 1 aliphatic rings. The van der Waals surface area contributed by atoms with Crippen LogP contribution in [0.1, 0.15) is 16.7 Å². The van der Waals surface area contributed by atoms with Crippen LogP contribution in [0, 0.1) is 0 Å². The van der Waals surface area contributed by atoms with Crippen molar-refractivity contribution < 1.29 is 15.1 Å². The van der Waals surface area contributed by atoms with Gasteiger partial charge in [0.05, 0.1) is 0 Å². The van der Waals surface area contributed by atoms with Crippen molar-refractivity contribution in [2.45, 2.75) is 12.8 Å². The van der Waals surface area contributed by atoms with Crippen molar-refractivity contribution in [2.24, 2.45) is 10.9 Å². The molecule has 6 heteroatoms. The third-order valence-electron chi connectivity index (χ3n) is 3.18. The maximum Gasteiger partial charge on any atom is 0.407 e. The van der Waals surface area contributed by atoms with E-state index < -0.39 is 6.09 Å². The summed E-state index contributed by atoms with van der Waals surface area (Å²) in [5.41, 5.74) is 8.37. The fraction of sp³-hybridized carbons (Fsp3) is 0.333. The average molecular weight is 249 g/mol. The molecule has 0 unspecified atom stereocenters. The fourth-order valence-corrected chi connectivity index (χ4v) is 2.13. The first-order chi connectivity index (χ1) is 8.61. The van der Waals surface area contributed by atoms with Crippen molar-refractivity contribution in [3.8, 4) is 0 Å². The molecule has 1 heterocycles. The van der Waals surface area contributed by atoms with Gasteiger partial charge in [-0.15, -0.1) is 0 Å². The Kier molecular flexibility index (Phi) is 3.36. The van der Waals surface area contributed by atoms with Crippen LogP contribution in [0.3, 0.4) is 0 Å². The van der Waals surface area contributed by atoms with Gasteiger partial charge in [0.15, 0.2) is 5.84 Å². The zero-order chi connectivity index (χ0) is 13.1. The van der Waals surface area contributed by atoms with Crippen LogP contribution < -0.4 is 5.73 Å². The van der Waals surface area contributed by atoms with Gasteiger partial charge in [-0.2, -0.15) is 0 Å². The van der Waals surface area contributed by atoms with E-state index in [-0.39, 0.29) is 5.84 Å². The molecule has 1 aliphatic heterocycles. The van der Waals surface area contributed by atoms with Crippen molar-refractivity contribution in [3.63, 3.8) is 0 Å². The van der Waals surface area contributed by atoms with Gasteiger partial charge in [-0.1, -0.05) is 17.3 Å². The second kappa shape index (κ2) is 4.95. The van der Waals surface area contributed by atoms with Crippen molar-refractivity contribution >= 4 is 11.9 Å². The molecule has 2 rings (SSSR count). The molecular formula is C12H15N3O3. The van der Waals surface area contributed by atoms with E-state index in [1.807, 2.05) is 12.1 Å². The smallest absolute Gasteiger partial charge is 0.407 e. The van der Waals surface area contributed by atoms with Crippen LogP contribution >= 0.6 is 0 Å². The number of benzene rings is 1. The molecule has 6 nitrogen and oxygen atoms in total. The molecule has 0 bridgehead atoms. The summed E-state index contributed by atoms with van der Waals surface area (Å²) in [6, 6.07) is 5.55. The van der Waals surface area contributed by atoms with E-state index in [2.05, 4.69) is 5.16 Å². The molecule has 0 spiro atoms. The minimum absolute atomic E-state index is 0.0668. The number of nitrogens with two attached hydrogens (primary N) is 1. The predicted molar refractivity (Wildman–Crippen MR) is 66.0 cm³/mol.